The maximum absolute atomic E-state index is 11.8. The summed E-state index contributed by atoms with van der Waals surface area (Å²) in [5, 5.41) is 0. The van der Waals surface area contributed by atoms with Crippen molar-refractivity contribution in [2.75, 3.05) is 7.11 Å². The summed E-state index contributed by atoms with van der Waals surface area (Å²) in [6, 6.07) is 9.46. The van der Waals surface area contributed by atoms with Crippen LogP contribution >= 0.6 is 0 Å². The van der Waals surface area contributed by atoms with Gasteiger partial charge in [0, 0.05) is 5.56 Å². The summed E-state index contributed by atoms with van der Waals surface area (Å²) >= 11 is 0. The smallest absolute Gasteiger partial charge is 0.351 e. The zero-order chi connectivity index (χ0) is 13.8. The van der Waals surface area contributed by atoms with Crippen LogP contribution in [0.3, 0.4) is 0 Å². The molecule has 0 N–H and O–H groups in total. The van der Waals surface area contributed by atoms with Gasteiger partial charge >= 0.3 is 11.9 Å². The molecule has 1 unspecified atom stereocenters. The van der Waals surface area contributed by atoms with Gasteiger partial charge in [-0.3, -0.25) is 4.79 Å². The Morgan fingerprint density at radius 1 is 1.22 bits per heavy atom. The Balaban J connectivity index is 2.95. The van der Waals surface area contributed by atoms with Gasteiger partial charge in [-0.05, 0) is 26.8 Å². The second kappa shape index (κ2) is 5.67. The first kappa shape index (κ1) is 14.2. The molecule has 0 bridgehead atoms. The first-order valence-corrected chi connectivity index (χ1v) is 5.61. The van der Waals surface area contributed by atoms with Crippen molar-refractivity contribution >= 4 is 11.9 Å². The van der Waals surface area contributed by atoms with Crippen LogP contribution in [0.4, 0.5) is 0 Å². The predicted octanol–water partition coefficient (Wildman–Crippen LogP) is 2.29. The molecule has 4 nitrogen and oxygen atoms in total. The monoisotopic (exact) mass is 249 g/mol. The van der Waals surface area contributed by atoms with Crippen LogP contribution in [-0.4, -0.2) is 19.0 Å². The lowest BCUT2D eigenvalue weighted by Gasteiger charge is -2.22. The van der Waals surface area contributed by atoms with Crippen LogP contribution in [0.5, 0.6) is 0 Å². The van der Waals surface area contributed by atoms with E-state index >= 15 is 0 Å². The maximum Gasteiger partial charge on any atom is 0.351 e. The zero-order valence-corrected chi connectivity index (χ0v) is 11.0. The molecular formula is C14H17O4. The van der Waals surface area contributed by atoms with E-state index in [1.807, 2.05) is 0 Å². The van der Waals surface area contributed by atoms with Gasteiger partial charge in [-0.2, -0.15) is 0 Å². The average molecular weight is 249 g/mol. The molecule has 0 aromatic heterocycles. The van der Waals surface area contributed by atoms with Gasteiger partial charge in [-0.15, -0.1) is 0 Å². The number of hydrogen-bond donors (Lipinski definition) is 0. The van der Waals surface area contributed by atoms with Crippen LogP contribution in [0.2, 0.25) is 0 Å². The fourth-order valence-electron chi connectivity index (χ4n) is 1.22. The molecule has 0 fully saturated rings. The Morgan fingerprint density at radius 3 is 2.22 bits per heavy atom. The van der Waals surface area contributed by atoms with Crippen molar-refractivity contribution in [3.63, 3.8) is 0 Å². The molecule has 97 valence electrons. The van der Waals surface area contributed by atoms with Gasteiger partial charge in [0.15, 0.2) is 0 Å². The number of carbonyl (C=O) groups excluding carboxylic acids is 2. The highest BCUT2D eigenvalue weighted by Crippen LogP contribution is 2.24. The minimum Gasteiger partial charge on any atom is -0.466 e. The van der Waals surface area contributed by atoms with Gasteiger partial charge in [-0.25, -0.2) is 4.79 Å². The summed E-state index contributed by atoms with van der Waals surface area (Å²) in [6.07, 6.45) is -1.03. The molecule has 1 rings (SSSR count). The van der Waals surface area contributed by atoms with Gasteiger partial charge in [0.1, 0.15) is 0 Å². The van der Waals surface area contributed by atoms with E-state index < -0.39 is 23.5 Å². The number of hydrogen-bond acceptors (Lipinski definition) is 4. The van der Waals surface area contributed by atoms with E-state index in [0.29, 0.717) is 5.56 Å². The summed E-state index contributed by atoms with van der Waals surface area (Å²) in [5.74, 6) is -1.05. The summed E-state index contributed by atoms with van der Waals surface area (Å²) in [4.78, 5) is 23.5. The van der Waals surface area contributed by atoms with E-state index in [1.165, 1.54) is 7.11 Å². The van der Waals surface area contributed by atoms with E-state index in [2.05, 4.69) is 10.8 Å². The predicted molar refractivity (Wildman–Crippen MR) is 65.6 cm³/mol. The number of ether oxygens (including phenoxy) is 2. The standard InChI is InChI=1S/C14H17O4/c1-14(2,3)13(16)18-11(12(15)17-4)10-8-6-5-7-9-10/h6-9,11H,1-4H3. The first-order valence-electron chi connectivity index (χ1n) is 5.61. The van der Waals surface area contributed by atoms with E-state index in [4.69, 9.17) is 4.74 Å². The molecule has 1 atom stereocenters. The van der Waals surface area contributed by atoms with Crippen molar-refractivity contribution in [1.29, 1.82) is 0 Å². The Bertz CT molecular complexity index is 417. The summed E-state index contributed by atoms with van der Waals surface area (Å²) in [7, 11) is 1.26. The molecule has 0 saturated carbocycles. The van der Waals surface area contributed by atoms with Gasteiger partial charge in [-0.1, -0.05) is 24.3 Å². The van der Waals surface area contributed by atoms with Crippen LogP contribution in [0.25, 0.3) is 0 Å². The molecule has 4 heteroatoms. The molecule has 1 aromatic carbocycles. The van der Waals surface area contributed by atoms with E-state index in [1.54, 1.807) is 45.0 Å². The molecule has 0 heterocycles. The molecule has 0 aliphatic rings. The van der Waals surface area contributed by atoms with Crippen LogP contribution in [0.1, 0.15) is 32.4 Å². The Morgan fingerprint density at radius 2 is 1.78 bits per heavy atom. The topological polar surface area (TPSA) is 52.6 Å². The lowest BCUT2D eigenvalue weighted by Crippen LogP contribution is -2.28. The van der Waals surface area contributed by atoms with Crippen LogP contribution in [-0.2, 0) is 19.1 Å². The Kier molecular flexibility index (Phi) is 4.48. The lowest BCUT2D eigenvalue weighted by atomic mass is 9.97. The third-order valence-corrected chi connectivity index (χ3v) is 2.30. The Hall–Kier alpha value is -1.84. The lowest BCUT2D eigenvalue weighted by molar-refractivity contribution is -0.172. The van der Waals surface area contributed by atoms with Crippen LogP contribution in [0, 0.1) is 11.5 Å². The van der Waals surface area contributed by atoms with E-state index in [9.17, 15) is 9.59 Å². The van der Waals surface area contributed by atoms with E-state index in [-0.39, 0.29) is 0 Å². The fourth-order valence-corrected chi connectivity index (χ4v) is 1.22. The number of esters is 2. The quantitative estimate of drug-likeness (QED) is 0.771. The molecule has 1 radical (unpaired) electrons. The molecule has 0 aliphatic carbocycles. The van der Waals surface area contributed by atoms with Crippen molar-refractivity contribution in [3.05, 3.63) is 35.9 Å². The van der Waals surface area contributed by atoms with Gasteiger partial charge in [0.2, 0.25) is 6.10 Å². The largest absolute Gasteiger partial charge is 0.466 e. The van der Waals surface area contributed by atoms with E-state index in [0.717, 1.165) is 0 Å². The summed E-state index contributed by atoms with van der Waals surface area (Å²) < 4.78 is 9.88. The number of methoxy groups -OCH3 is 1. The molecular weight excluding hydrogens is 232 g/mol. The number of rotatable bonds is 3. The number of benzene rings is 1. The van der Waals surface area contributed by atoms with Crippen LogP contribution < -0.4 is 0 Å². The number of carbonyl (C=O) groups is 2. The van der Waals surface area contributed by atoms with Crippen molar-refractivity contribution in [2.45, 2.75) is 26.9 Å². The highest BCUT2D eigenvalue weighted by Gasteiger charge is 2.31. The summed E-state index contributed by atoms with van der Waals surface area (Å²) in [6.45, 7) is 5.17. The third-order valence-electron chi connectivity index (χ3n) is 2.30. The highest BCUT2D eigenvalue weighted by molar-refractivity contribution is 5.82. The van der Waals surface area contributed by atoms with Crippen molar-refractivity contribution < 1.29 is 19.1 Å². The second-order valence-electron chi connectivity index (χ2n) is 4.89. The van der Waals surface area contributed by atoms with Crippen molar-refractivity contribution in [2.24, 2.45) is 5.41 Å². The SMILES string of the molecule is COC(=O)C(OC(=O)C(C)(C)C)c1cc[c]cc1. The minimum atomic E-state index is -1.03. The fraction of sp³-hybridized carbons (Fsp3) is 0.429. The van der Waals surface area contributed by atoms with Crippen LogP contribution in [0.15, 0.2) is 24.3 Å². The molecule has 0 saturated heterocycles. The molecule has 1 aromatic rings. The molecule has 0 aliphatic heterocycles. The highest BCUT2D eigenvalue weighted by atomic mass is 16.6. The average Bonchev–Trinajstić information content (AvgIpc) is 2.34. The second-order valence-corrected chi connectivity index (χ2v) is 4.89. The zero-order valence-electron chi connectivity index (χ0n) is 11.0. The molecule has 0 spiro atoms. The molecule has 18 heavy (non-hydrogen) atoms. The van der Waals surface area contributed by atoms with Crippen molar-refractivity contribution in [1.82, 2.24) is 0 Å². The molecule has 0 amide bonds. The normalized spacial score (nSPS) is 12.7. The van der Waals surface area contributed by atoms with Gasteiger partial charge in [0.05, 0.1) is 12.5 Å². The maximum atomic E-state index is 11.8. The first-order chi connectivity index (χ1) is 8.36. The van der Waals surface area contributed by atoms with Gasteiger partial charge in [0.25, 0.3) is 0 Å². The summed E-state index contributed by atoms with van der Waals surface area (Å²) in [5.41, 5.74) is -0.106. The van der Waals surface area contributed by atoms with Crippen molar-refractivity contribution in [3.8, 4) is 0 Å². The minimum absolute atomic E-state index is 0.453. The van der Waals surface area contributed by atoms with Gasteiger partial charge < -0.3 is 9.47 Å². The third kappa shape index (κ3) is 3.58. The Labute approximate surface area is 107 Å².